The number of hydrogen-bond donors (Lipinski definition) is 1. The third-order valence-corrected chi connectivity index (χ3v) is 3.31. The van der Waals surface area contributed by atoms with Crippen LogP contribution in [0.2, 0.25) is 0 Å². The highest BCUT2D eigenvalue weighted by atomic mass is 16.5. The van der Waals surface area contributed by atoms with Crippen LogP contribution in [0.25, 0.3) is 0 Å². The molecule has 20 heavy (non-hydrogen) atoms. The lowest BCUT2D eigenvalue weighted by Gasteiger charge is -2.11. The number of aryl methyl sites for hydroxylation is 2. The van der Waals surface area contributed by atoms with E-state index in [1.807, 2.05) is 44.2 Å². The zero-order valence-electron chi connectivity index (χ0n) is 12.0. The van der Waals surface area contributed by atoms with Crippen LogP contribution in [0.15, 0.2) is 36.4 Å². The number of nitrogens with one attached hydrogen (secondary N) is 1. The van der Waals surface area contributed by atoms with Crippen LogP contribution in [0, 0.1) is 25.2 Å². The smallest absolute Gasteiger partial charge is 0.121 e. The summed E-state index contributed by atoms with van der Waals surface area (Å²) in [5.74, 6) is 0.899. The first kappa shape index (κ1) is 14.0. The molecule has 0 aliphatic rings. The Labute approximate surface area is 119 Å². The third-order valence-electron chi connectivity index (χ3n) is 3.31. The second-order valence-corrected chi connectivity index (χ2v) is 4.80. The van der Waals surface area contributed by atoms with Crippen molar-refractivity contribution in [3.05, 3.63) is 58.7 Å². The van der Waals surface area contributed by atoms with Gasteiger partial charge in [0.15, 0.2) is 0 Å². The highest BCUT2D eigenvalue weighted by Crippen LogP contribution is 2.21. The second-order valence-electron chi connectivity index (χ2n) is 4.80. The number of nitrogens with zero attached hydrogens (tertiary/aromatic N) is 1. The summed E-state index contributed by atoms with van der Waals surface area (Å²) in [7, 11) is 1.68. The van der Waals surface area contributed by atoms with E-state index >= 15 is 0 Å². The topological polar surface area (TPSA) is 45.0 Å². The molecule has 0 saturated heterocycles. The summed E-state index contributed by atoms with van der Waals surface area (Å²) in [6.45, 7) is 4.78. The van der Waals surface area contributed by atoms with Gasteiger partial charge in [-0.15, -0.1) is 0 Å². The number of rotatable bonds is 4. The number of methoxy groups -OCH3 is 1. The van der Waals surface area contributed by atoms with Crippen LogP contribution in [0.5, 0.6) is 5.75 Å². The van der Waals surface area contributed by atoms with Gasteiger partial charge in [-0.3, -0.25) is 0 Å². The van der Waals surface area contributed by atoms with E-state index < -0.39 is 0 Å². The number of anilines is 1. The Balaban J connectivity index is 2.13. The maximum atomic E-state index is 8.94. The van der Waals surface area contributed by atoms with E-state index in [4.69, 9.17) is 10.00 Å². The maximum absolute atomic E-state index is 8.94. The van der Waals surface area contributed by atoms with E-state index in [9.17, 15) is 0 Å². The number of nitriles is 1. The fourth-order valence-electron chi connectivity index (χ4n) is 2.13. The molecule has 2 aromatic rings. The van der Waals surface area contributed by atoms with Crippen molar-refractivity contribution in [1.82, 2.24) is 0 Å². The molecule has 0 unspecified atom stereocenters. The number of hydrogen-bond acceptors (Lipinski definition) is 3. The van der Waals surface area contributed by atoms with Crippen molar-refractivity contribution >= 4 is 5.69 Å². The fourth-order valence-corrected chi connectivity index (χ4v) is 2.13. The maximum Gasteiger partial charge on any atom is 0.121 e. The molecule has 3 nitrogen and oxygen atoms in total. The van der Waals surface area contributed by atoms with Crippen molar-refractivity contribution in [3.63, 3.8) is 0 Å². The van der Waals surface area contributed by atoms with Gasteiger partial charge in [-0.25, -0.2) is 0 Å². The molecule has 0 saturated carbocycles. The molecule has 0 spiro atoms. The molecule has 0 radical (unpaired) electrons. The predicted molar refractivity (Wildman–Crippen MR) is 81.0 cm³/mol. The lowest BCUT2D eigenvalue weighted by atomic mass is 10.1. The Bertz CT molecular complexity index is 657. The van der Waals surface area contributed by atoms with E-state index in [1.165, 1.54) is 5.56 Å². The fraction of sp³-hybridized carbons (Fsp3) is 0.235. The van der Waals surface area contributed by atoms with E-state index in [0.717, 1.165) is 29.1 Å². The van der Waals surface area contributed by atoms with Gasteiger partial charge in [0.2, 0.25) is 0 Å². The first-order valence-electron chi connectivity index (χ1n) is 6.52. The molecule has 0 heterocycles. The summed E-state index contributed by atoms with van der Waals surface area (Å²) < 4.78 is 5.26. The third kappa shape index (κ3) is 3.10. The summed E-state index contributed by atoms with van der Waals surface area (Å²) in [5.41, 5.74) is 5.11. The van der Waals surface area contributed by atoms with E-state index in [2.05, 4.69) is 17.5 Å². The van der Waals surface area contributed by atoms with E-state index in [1.54, 1.807) is 7.11 Å². The molecule has 0 aliphatic carbocycles. The summed E-state index contributed by atoms with van der Waals surface area (Å²) in [6, 6.07) is 14.0. The second kappa shape index (κ2) is 6.12. The van der Waals surface area contributed by atoms with Crippen molar-refractivity contribution in [2.24, 2.45) is 0 Å². The minimum absolute atomic E-state index is 0.670. The van der Waals surface area contributed by atoms with Crippen molar-refractivity contribution < 1.29 is 4.74 Å². The summed E-state index contributed by atoms with van der Waals surface area (Å²) in [4.78, 5) is 0. The van der Waals surface area contributed by atoms with Crippen LogP contribution >= 0.6 is 0 Å². The van der Waals surface area contributed by atoms with Gasteiger partial charge in [0, 0.05) is 12.2 Å². The molecule has 2 rings (SSSR count). The lowest BCUT2D eigenvalue weighted by molar-refractivity contribution is 0.411. The van der Waals surface area contributed by atoms with Gasteiger partial charge in [0.05, 0.1) is 18.7 Å². The van der Waals surface area contributed by atoms with Gasteiger partial charge < -0.3 is 10.1 Å². The standard InChI is InChI=1S/C17H18N2O/c1-12-4-5-14(10-18)9-16(12)19-11-15-6-7-17(20-3)13(2)8-15/h4-9,19H,11H2,1-3H3. The largest absolute Gasteiger partial charge is 0.496 e. The molecule has 3 heteroatoms. The average molecular weight is 266 g/mol. The summed E-state index contributed by atoms with van der Waals surface area (Å²) >= 11 is 0. The Morgan fingerprint density at radius 3 is 2.55 bits per heavy atom. The van der Waals surface area contributed by atoms with Crippen LogP contribution in [-0.4, -0.2) is 7.11 Å². The zero-order chi connectivity index (χ0) is 14.5. The van der Waals surface area contributed by atoms with Crippen molar-refractivity contribution in [2.45, 2.75) is 20.4 Å². The van der Waals surface area contributed by atoms with Crippen molar-refractivity contribution in [1.29, 1.82) is 5.26 Å². The highest BCUT2D eigenvalue weighted by Gasteiger charge is 2.02. The minimum atomic E-state index is 0.670. The van der Waals surface area contributed by atoms with Crippen LogP contribution < -0.4 is 10.1 Å². The quantitative estimate of drug-likeness (QED) is 0.915. The Kier molecular flexibility index (Phi) is 4.27. The molecule has 0 bridgehead atoms. The Hall–Kier alpha value is -2.47. The van der Waals surface area contributed by atoms with Crippen molar-refractivity contribution in [3.8, 4) is 11.8 Å². The summed E-state index contributed by atoms with van der Waals surface area (Å²) in [5, 5.41) is 12.3. The molecular formula is C17H18N2O. The number of ether oxygens (including phenoxy) is 1. The van der Waals surface area contributed by atoms with Gasteiger partial charge in [0.1, 0.15) is 5.75 Å². The molecule has 0 atom stereocenters. The van der Waals surface area contributed by atoms with Crippen LogP contribution in [0.4, 0.5) is 5.69 Å². The molecule has 0 aliphatic heterocycles. The molecule has 0 fully saturated rings. The minimum Gasteiger partial charge on any atom is -0.496 e. The Morgan fingerprint density at radius 1 is 1.10 bits per heavy atom. The molecular weight excluding hydrogens is 248 g/mol. The zero-order valence-corrected chi connectivity index (χ0v) is 12.0. The lowest BCUT2D eigenvalue weighted by Crippen LogP contribution is -2.02. The first-order chi connectivity index (χ1) is 9.63. The molecule has 102 valence electrons. The highest BCUT2D eigenvalue weighted by molar-refractivity contribution is 5.55. The van der Waals surface area contributed by atoms with Gasteiger partial charge in [-0.05, 0) is 48.7 Å². The molecule has 2 aromatic carbocycles. The van der Waals surface area contributed by atoms with Gasteiger partial charge in [-0.2, -0.15) is 5.26 Å². The molecule has 0 amide bonds. The average Bonchev–Trinajstić information content (AvgIpc) is 2.46. The van der Waals surface area contributed by atoms with E-state index in [0.29, 0.717) is 5.56 Å². The van der Waals surface area contributed by atoms with Gasteiger partial charge in [0.25, 0.3) is 0 Å². The van der Waals surface area contributed by atoms with Crippen molar-refractivity contribution in [2.75, 3.05) is 12.4 Å². The van der Waals surface area contributed by atoms with E-state index in [-0.39, 0.29) is 0 Å². The van der Waals surface area contributed by atoms with Gasteiger partial charge >= 0.3 is 0 Å². The number of benzene rings is 2. The van der Waals surface area contributed by atoms with Crippen LogP contribution in [0.1, 0.15) is 22.3 Å². The first-order valence-corrected chi connectivity index (χ1v) is 6.52. The Morgan fingerprint density at radius 2 is 1.90 bits per heavy atom. The van der Waals surface area contributed by atoms with Crippen LogP contribution in [0.3, 0.4) is 0 Å². The molecule has 1 N–H and O–H groups in total. The monoisotopic (exact) mass is 266 g/mol. The van der Waals surface area contributed by atoms with Gasteiger partial charge in [-0.1, -0.05) is 18.2 Å². The SMILES string of the molecule is COc1ccc(CNc2cc(C#N)ccc2C)cc1C. The normalized spacial score (nSPS) is 9.90. The summed E-state index contributed by atoms with van der Waals surface area (Å²) in [6.07, 6.45) is 0. The van der Waals surface area contributed by atoms with Crippen LogP contribution in [-0.2, 0) is 6.54 Å². The predicted octanol–water partition coefficient (Wildman–Crippen LogP) is 3.80. The molecule has 0 aromatic heterocycles.